The molecule has 0 amide bonds. The zero-order chi connectivity index (χ0) is 13.9. The van der Waals surface area contributed by atoms with E-state index >= 15 is 0 Å². The molecule has 0 fully saturated rings. The lowest BCUT2D eigenvalue weighted by molar-refractivity contribution is 0.699. The molecule has 6 heteroatoms. The fraction of sp³-hybridized carbons (Fsp3) is 0.571. The number of rotatable bonds is 5. The van der Waals surface area contributed by atoms with Gasteiger partial charge in [-0.05, 0) is 50.5 Å². The molecule has 0 unspecified atom stereocenters. The van der Waals surface area contributed by atoms with E-state index in [0.29, 0.717) is 6.54 Å². The molecule has 2 aromatic rings. The van der Waals surface area contributed by atoms with Crippen LogP contribution in [0.15, 0.2) is 5.16 Å². The van der Waals surface area contributed by atoms with Gasteiger partial charge in [0, 0.05) is 11.4 Å². The summed E-state index contributed by atoms with van der Waals surface area (Å²) < 4.78 is 1.23. The number of hydrogen-bond donors (Lipinski definition) is 2. The molecule has 0 aromatic carbocycles. The molecule has 1 aliphatic carbocycles. The number of aryl methyl sites for hydroxylation is 2. The van der Waals surface area contributed by atoms with Crippen molar-refractivity contribution in [2.75, 3.05) is 24.7 Å². The molecule has 0 radical (unpaired) electrons. The second-order valence-corrected chi connectivity index (χ2v) is 6.90. The summed E-state index contributed by atoms with van der Waals surface area (Å²) >= 11 is 3.48. The molecule has 2 heterocycles. The van der Waals surface area contributed by atoms with Crippen molar-refractivity contribution in [3.8, 4) is 0 Å². The first-order valence-electron chi connectivity index (χ1n) is 7.13. The zero-order valence-electron chi connectivity index (χ0n) is 11.7. The topological polar surface area (TPSA) is 63.8 Å². The van der Waals surface area contributed by atoms with Crippen LogP contribution in [0.5, 0.6) is 0 Å². The summed E-state index contributed by atoms with van der Waals surface area (Å²) in [6.45, 7) is 1.58. The third-order valence-electron chi connectivity index (χ3n) is 3.63. The standard InChI is InChI=1S/C14H20N4S2/c1-19-14-17-11-9-5-2-3-6-10(9)20-12(11)13(18-14)16-8-4-7-15/h2-8,15H2,1H3,(H,16,17,18). The van der Waals surface area contributed by atoms with Crippen LogP contribution < -0.4 is 11.1 Å². The van der Waals surface area contributed by atoms with Gasteiger partial charge in [0.2, 0.25) is 0 Å². The Kier molecular flexibility index (Phi) is 4.43. The lowest BCUT2D eigenvalue weighted by Crippen LogP contribution is -2.10. The second-order valence-electron chi connectivity index (χ2n) is 5.02. The van der Waals surface area contributed by atoms with Gasteiger partial charge in [-0.1, -0.05) is 11.8 Å². The third kappa shape index (κ3) is 2.64. The monoisotopic (exact) mass is 308 g/mol. The minimum absolute atomic E-state index is 0.706. The number of fused-ring (bicyclic) bond motifs is 3. The molecule has 3 N–H and O–H groups in total. The zero-order valence-corrected chi connectivity index (χ0v) is 13.4. The summed E-state index contributed by atoms with van der Waals surface area (Å²) in [6.07, 6.45) is 7.95. The van der Waals surface area contributed by atoms with E-state index in [1.807, 2.05) is 17.6 Å². The highest BCUT2D eigenvalue weighted by Crippen LogP contribution is 2.39. The van der Waals surface area contributed by atoms with Gasteiger partial charge in [0.15, 0.2) is 5.16 Å². The number of anilines is 1. The van der Waals surface area contributed by atoms with Crippen molar-refractivity contribution in [1.29, 1.82) is 0 Å². The van der Waals surface area contributed by atoms with E-state index in [2.05, 4.69) is 10.3 Å². The van der Waals surface area contributed by atoms with E-state index in [-0.39, 0.29) is 0 Å². The van der Waals surface area contributed by atoms with Crippen LogP contribution in [0.2, 0.25) is 0 Å². The molecule has 1 aliphatic rings. The van der Waals surface area contributed by atoms with Gasteiger partial charge >= 0.3 is 0 Å². The van der Waals surface area contributed by atoms with Crippen LogP contribution in [0.1, 0.15) is 29.7 Å². The Hall–Kier alpha value is -0.850. The normalized spacial score (nSPS) is 14.5. The quantitative estimate of drug-likeness (QED) is 0.505. The van der Waals surface area contributed by atoms with Crippen LogP contribution in [0.3, 0.4) is 0 Å². The fourth-order valence-electron chi connectivity index (χ4n) is 2.62. The van der Waals surface area contributed by atoms with Crippen molar-refractivity contribution < 1.29 is 0 Å². The minimum Gasteiger partial charge on any atom is -0.369 e. The molecule has 0 bridgehead atoms. The Bertz CT molecular complexity index is 609. The van der Waals surface area contributed by atoms with Crippen LogP contribution in [0.4, 0.5) is 5.82 Å². The van der Waals surface area contributed by atoms with Gasteiger partial charge in [-0.3, -0.25) is 0 Å². The smallest absolute Gasteiger partial charge is 0.189 e. The number of aromatic nitrogens is 2. The van der Waals surface area contributed by atoms with Gasteiger partial charge in [0.05, 0.1) is 10.2 Å². The summed E-state index contributed by atoms with van der Waals surface area (Å²) in [4.78, 5) is 10.9. The van der Waals surface area contributed by atoms with Gasteiger partial charge in [-0.2, -0.15) is 0 Å². The Balaban J connectivity index is 2.05. The van der Waals surface area contributed by atoms with Crippen molar-refractivity contribution in [2.45, 2.75) is 37.3 Å². The Labute approximate surface area is 127 Å². The second kappa shape index (κ2) is 6.28. The number of nitrogens with one attached hydrogen (secondary N) is 1. The molecule has 0 spiro atoms. The number of nitrogens with zero attached hydrogens (tertiary/aromatic N) is 2. The molecule has 108 valence electrons. The van der Waals surface area contributed by atoms with Gasteiger partial charge in [-0.15, -0.1) is 11.3 Å². The summed E-state index contributed by atoms with van der Waals surface area (Å²) in [5.41, 5.74) is 8.21. The maximum Gasteiger partial charge on any atom is 0.189 e. The lowest BCUT2D eigenvalue weighted by atomic mass is 9.98. The first kappa shape index (κ1) is 14.1. The molecular weight excluding hydrogens is 288 g/mol. The molecule has 0 saturated heterocycles. The number of thioether (sulfide) groups is 1. The van der Waals surface area contributed by atoms with Crippen molar-refractivity contribution in [2.24, 2.45) is 5.73 Å². The Morgan fingerprint density at radius 2 is 2.15 bits per heavy atom. The highest BCUT2D eigenvalue weighted by molar-refractivity contribution is 7.98. The molecule has 0 aliphatic heterocycles. The van der Waals surface area contributed by atoms with E-state index < -0.39 is 0 Å². The number of nitrogens with two attached hydrogens (primary N) is 1. The fourth-order valence-corrected chi connectivity index (χ4v) is 4.27. The molecule has 20 heavy (non-hydrogen) atoms. The molecular formula is C14H20N4S2. The van der Waals surface area contributed by atoms with Crippen molar-refractivity contribution in [3.05, 3.63) is 10.4 Å². The average Bonchev–Trinajstić information content (AvgIpc) is 2.86. The molecule has 4 nitrogen and oxygen atoms in total. The van der Waals surface area contributed by atoms with E-state index in [9.17, 15) is 0 Å². The van der Waals surface area contributed by atoms with E-state index in [0.717, 1.165) is 23.9 Å². The predicted octanol–water partition coefficient (Wildman–Crippen LogP) is 3.05. The number of thiophene rings is 1. The van der Waals surface area contributed by atoms with Crippen LogP contribution in [0, 0.1) is 0 Å². The summed E-state index contributed by atoms with van der Waals surface area (Å²) in [5, 5.41) is 4.30. The van der Waals surface area contributed by atoms with Crippen LogP contribution in [0.25, 0.3) is 10.2 Å². The highest BCUT2D eigenvalue weighted by Gasteiger charge is 2.20. The first-order chi connectivity index (χ1) is 9.83. The molecule has 0 atom stereocenters. The first-order valence-corrected chi connectivity index (χ1v) is 9.18. The van der Waals surface area contributed by atoms with E-state index in [1.54, 1.807) is 11.8 Å². The van der Waals surface area contributed by atoms with E-state index in [4.69, 9.17) is 10.7 Å². The van der Waals surface area contributed by atoms with Gasteiger partial charge in [0.1, 0.15) is 5.82 Å². The maximum atomic E-state index is 5.57. The van der Waals surface area contributed by atoms with Crippen molar-refractivity contribution >= 4 is 39.1 Å². The summed E-state index contributed by atoms with van der Waals surface area (Å²) in [6, 6.07) is 0. The SMILES string of the molecule is CSc1nc(NCCCN)c2sc3c(c2n1)CCCC3. The molecule has 3 rings (SSSR count). The highest BCUT2D eigenvalue weighted by atomic mass is 32.2. The van der Waals surface area contributed by atoms with Gasteiger partial charge < -0.3 is 11.1 Å². The van der Waals surface area contributed by atoms with Gasteiger partial charge in [-0.25, -0.2) is 9.97 Å². The average molecular weight is 308 g/mol. The molecule has 2 aromatic heterocycles. The molecule has 0 saturated carbocycles. The van der Waals surface area contributed by atoms with E-state index in [1.165, 1.54) is 46.3 Å². The summed E-state index contributed by atoms with van der Waals surface area (Å²) in [7, 11) is 0. The van der Waals surface area contributed by atoms with Crippen LogP contribution >= 0.6 is 23.1 Å². The number of hydrogen-bond acceptors (Lipinski definition) is 6. The predicted molar refractivity (Wildman–Crippen MR) is 88.0 cm³/mol. The Morgan fingerprint density at radius 1 is 1.30 bits per heavy atom. The van der Waals surface area contributed by atoms with Crippen LogP contribution in [-0.4, -0.2) is 29.3 Å². The van der Waals surface area contributed by atoms with Crippen molar-refractivity contribution in [1.82, 2.24) is 9.97 Å². The minimum atomic E-state index is 0.706. The maximum absolute atomic E-state index is 5.57. The third-order valence-corrected chi connectivity index (χ3v) is 5.46. The van der Waals surface area contributed by atoms with Crippen LogP contribution in [-0.2, 0) is 12.8 Å². The van der Waals surface area contributed by atoms with Gasteiger partial charge in [0.25, 0.3) is 0 Å². The van der Waals surface area contributed by atoms with Crippen molar-refractivity contribution in [3.63, 3.8) is 0 Å². The lowest BCUT2D eigenvalue weighted by Gasteiger charge is -2.10. The Morgan fingerprint density at radius 3 is 2.95 bits per heavy atom. The largest absolute Gasteiger partial charge is 0.369 e. The summed E-state index contributed by atoms with van der Waals surface area (Å²) in [5.74, 6) is 0.993.